The van der Waals surface area contributed by atoms with Crippen LogP contribution in [-0.4, -0.2) is 232 Å². The third-order valence-corrected chi connectivity index (χ3v) is 17.4. The van der Waals surface area contributed by atoms with Crippen molar-refractivity contribution in [2.24, 2.45) is 5.11 Å². The van der Waals surface area contributed by atoms with Crippen molar-refractivity contribution in [3.63, 3.8) is 0 Å². The van der Waals surface area contributed by atoms with Crippen LogP contribution >= 0.6 is 0 Å². The Morgan fingerprint density at radius 3 is 1.28 bits per heavy atom. The highest BCUT2D eigenvalue weighted by Gasteiger charge is 2.60. The highest BCUT2D eigenvalue weighted by Crippen LogP contribution is 2.40. The molecule has 9 rings (SSSR count). The van der Waals surface area contributed by atoms with Gasteiger partial charge >= 0.3 is 72.3 Å². The zero-order chi connectivity index (χ0) is 84.2. The van der Waals surface area contributed by atoms with Crippen molar-refractivity contribution in [2.45, 2.75) is 184 Å². The van der Waals surface area contributed by atoms with Gasteiger partial charge in [0.2, 0.25) is 0 Å². The average Bonchev–Trinajstić information content (AvgIpc) is 1.75. The number of rotatable bonds is 31. The molecule has 6 amide bonds. The van der Waals surface area contributed by atoms with Gasteiger partial charge in [0, 0.05) is 66.3 Å². The van der Waals surface area contributed by atoms with Gasteiger partial charge in [-0.25, -0.2) is 24.0 Å². The summed E-state index contributed by atoms with van der Waals surface area (Å²) in [6.07, 6.45) is -39.5. The molecule has 0 unspecified atom stereocenters. The number of amides is 6. The van der Waals surface area contributed by atoms with E-state index in [4.69, 9.17) is 85.3 Å². The van der Waals surface area contributed by atoms with Gasteiger partial charge in [0.1, 0.15) is 84.1 Å². The van der Waals surface area contributed by atoms with E-state index >= 15 is 4.79 Å². The van der Waals surface area contributed by atoms with E-state index in [1.54, 1.807) is 54.6 Å². The molecule has 4 fully saturated rings. The zero-order valence-corrected chi connectivity index (χ0v) is 63.7. The molecule has 626 valence electrons. The molecule has 117 heavy (non-hydrogen) atoms. The number of carbonyl (C=O) groups excluding carboxylic acids is 13. The lowest BCUT2D eigenvalue weighted by molar-refractivity contribution is -0.312. The van der Waals surface area contributed by atoms with E-state index < -0.39 is 240 Å². The molecule has 7 N–H and O–H groups in total. The van der Waals surface area contributed by atoms with E-state index in [9.17, 15) is 68.2 Å². The molecule has 5 aromatic carbocycles. The Bertz CT molecular complexity index is 4290. The number of benzene rings is 5. The van der Waals surface area contributed by atoms with Crippen LogP contribution in [0.2, 0.25) is 0 Å². The molecule has 3 heterocycles. The maximum absolute atomic E-state index is 15.1. The van der Waals surface area contributed by atoms with Gasteiger partial charge in [0.25, 0.3) is 5.91 Å². The number of aliphatic hydroxyl groups excluding tert-OH is 1. The zero-order valence-electron chi connectivity index (χ0n) is 63.7. The molecule has 1 aliphatic carbocycles. The first-order valence-electron chi connectivity index (χ1n) is 36.3. The van der Waals surface area contributed by atoms with Gasteiger partial charge in [0.05, 0.1) is 31.3 Å². The Morgan fingerprint density at radius 2 is 0.812 bits per heavy atom. The van der Waals surface area contributed by atoms with Crippen molar-refractivity contribution >= 4 is 78.2 Å². The lowest BCUT2D eigenvalue weighted by atomic mass is 9.82. The quantitative estimate of drug-likeness (QED) is 0.0106. The van der Waals surface area contributed by atoms with Gasteiger partial charge < -0.3 is 122 Å². The third-order valence-electron chi connectivity index (χ3n) is 17.4. The number of hydrogen-bond acceptors (Lipinski definition) is 33. The van der Waals surface area contributed by atoms with Crippen LogP contribution in [0.5, 0.6) is 28.7 Å². The number of ether oxygens (including phenoxy) is 18. The first-order chi connectivity index (χ1) is 56.1. The van der Waals surface area contributed by atoms with Gasteiger partial charge in [-0.3, -0.25) is 38.4 Å². The molecule has 0 aromatic heterocycles. The summed E-state index contributed by atoms with van der Waals surface area (Å²) >= 11 is 0. The molecule has 20 atom stereocenters. The van der Waals surface area contributed by atoms with Crippen LogP contribution in [0.1, 0.15) is 61.3 Å². The number of esters is 7. The van der Waals surface area contributed by atoms with Crippen LogP contribution in [-0.2, 0) is 99.9 Å². The Labute approximate surface area is 666 Å². The molecule has 5 aromatic rings. The van der Waals surface area contributed by atoms with Gasteiger partial charge in [-0.15, -0.1) is 0 Å². The largest absolute Gasteiger partial charge is 0.463 e. The summed E-state index contributed by atoms with van der Waals surface area (Å²) < 4.78 is 109. The molecular weight excluding hydrogens is 1550 g/mol. The van der Waals surface area contributed by atoms with Crippen molar-refractivity contribution in [3.05, 3.63) is 162 Å². The standard InChI is InChI=1S/C76H85N9O32/c1-39(86)100-38-56-63(116-70-58(84-76(99)111-50-31-21-12-22-32-50)65(105-44(6)91)62(103-42(4)89)55(113-70)36-79-73(96)108-47-25-15-9-16-26-47)67(106-45(7)92)71(114-56)117-66-60(102-41(3)88)51(81-68(94)53(101-40(2)87)33-34-78-72(95)107-46-23-13-8-14-24-46)35-52(82-74(97)109-48-27-17-10-18-28-48)61(66)115-69-57(83-75(98)110-49-29-19-11-20-30-49)64(104-43(5)90)59(93)54(112-69)37-80-85-77/h8-32,51-67,69-71,93H,33-38H2,1-7H3,(H,78,95)(H,79,96)(H,81,94)(H,82,97)(H,83,98)(H,84,99)/t51-,52+,53-,54-,55+,56-,57-,58-,59-,60+,61-,62-,63-,64-,65-,66-,67-,69-,70-,71+/m1/s1. The number of aliphatic hydroxyl groups is 1. The van der Waals surface area contributed by atoms with E-state index in [1.807, 2.05) is 0 Å². The fraction of sp³-hybridized carbons (Fsp3) is 0.434. The summed E-state index contributed by atoms with van der Waals surface area (Å²) in [5, 5.41) is 30.9. The number of nitrogens with one attached hydrogen (secondary N) is 6. The Balaban J connectivity index is 1.21. The summed E-state index contributed by atoms with van der Waals surface area (Å²) in [7, 11) is 0. The Morgan fingerprint density at radius 1 is 0.419 bits per heavy atom. The normalized spacial score (nSPS) is 25.9. The highest BCUT2D eigenvalue weighted by molar-refractivity contribution is 5.84. The maximum atomic E-state index is 15.1. The molecule has 41 nitrogen and oxygen atoms in total. The van der Waals surface area contributed by atoms with Crippen LogP contribution in [0.15, 0.2) is 157 Å². The summed E-state index contributed by atoms with van der Waals surface area (Å²) in [6, 6.07) is 30.2. The summed E-state index contributed by atoms with van der Waals surface area (Å²) in [5.74, 6) is -8.67. The molecule has 0 radical (unpaired) electrons. The van der Waals surface area contributed by atoms with Gasteiger partial charge in [-0.2, -0.15) is 0 Å². The number of hydrogen-bond donors (Lipinski definition) is 7. The first kappa shape index (κ1) is 88.2. The lowest BCUT2D eigenvalue weighted by Gasteiger charge is -2.50. The highest BCUT2D eigenvalue weighted by atomic mass is 16.8. The van der Waals surface area contributed by atoms with E-state index in [0.717, 1.165) is 48.5 Å². The molecule has 1 saturated carbocycles. The number of carbonyl (C=O) groups is 13. The predicted molar refractivity (Wildman–Crippen MR) is 391 cm³/mol. The molecule has 0 spiro atoms. The van der Waals surface area contributed by atoms with Crippen LogP contribution in [0, 0.1) is 0 Å². The van der Waals surface area contributed by atoms with Gasteiger partial charge in [-0.1, -0.05) is 96.1 Å². The fourth-order valence-electron chi connectivity index (χ4n) is 12.8. The molecular formula is C76H85N9O32. The average molecular weight is 1640 g/mol. The van der Waals surface area contributed by atoms with Gasteiger partial charge in [-0.05, 0) is 72.6 Å². The summed E-state index contributed by atoms with van der Waals surface area (Å²) in [6.45, 7) is 3.84. The van der Waals surface area contributed by atoms with E-state index in [1.165, 1.54) is 97.1 Å². The number of nitrogens with zero attached hydrogens (tertiary/aromatic N) is 3. The minimum Gasteiger partial charge on any atom is -0.463 e. The Kier molecular flexibility index (Phi) is 32.5. The minimum atomic E-state index is -2.30. The molecule has 4 aliphatic rings. The second-order valence-electron chi connectivity index (χ2n) is 26.2. The molecule has 0 bridgehead atoms. The van der Waals surface area contributed by atoms with Crippen LogP contribution in [0.4, 0.5) is 24.0 Å². The maximum Gasteiger partial charge on any atom is 0.413 e. The van der Waals surface area contributed by atoms with Crippen LogP contribution in [0.3, 0.4) is 0 Å². The van der Waals surface area contributed by atoms with Crippen molar-refractivity contribution in [3.8, 4) is 28.7 Å². The third kappa shape index (κ3) is 26.7. The fourth-order valence-corrected chi connectivity index (χ4v) is 12.8. The SMILES string of the molecule is CC(=O)OC[C@H]1O[C@@H](O[C@@H]2[C@@H](OC(C)=O)[C@H](NC(=O)[C@@H](CCNC(=O)Oc3ccccc3)OC(C)=O)C[C@H](NC(=O)Oc3ccccc3)[C@H]2O[C@H]2O[C@H](CN=[N+]=[N-])[C@@H](O)[C@H](OC(C)=O)[C@H]2NC(=O)Oc2ccccc2)[C@H](OC(C)=O)[C@@H]1O[C@H]1O[C@@H](CNC(=O)Oc2ccccc2)[C@@H](OC(C)=O)[C@H](OC(C)=O)[C@H]1NC(=O)Oc1ccccc1. The van der Waals surface area contributed by atoms with Crippen LogP contribution < -0.4 is 55.6 Å². The molecule has 3 saturated heterocycles. The first-order valence-corrected chi connectivity index (χ1v) is 36.3. The van der Waals surface area contributed by atoms with Crippen molar-refractivity contribution in [1.29, 1.82) is 0 Å². The smallest absolute Gasteiger partial charge is 0.413 e. The van der Waals surface area contributed by atoms with E-state index in [2.05, 4.69) is 41.9 Å². The van der Waals surface area contributed by atoms with E-state index in [-0.39, 0.29) is 28.7 Å². The Hall–Kier alpha value is -12.8. The predicted octanol–water partition coefficient (Wildman–Crippen LogP) is 4.47. The summed E-state index contributed by atoms with van der Waals surface area (Å²) in [5.41, 5.74) is 9.63. The number of para-hydroxylation sites is 5. The topological polar surface area (TPSA) is 529 Å². The lowest BCUT2D eigenvalue weighted by Crippen LogP contribution is -2.71. The second kappa shape index (κ2) is 43.1. The monoisotopic (exact) mass is 1640 g/mol. The molecule has 3 aliphatic heterocycles. The van der Waals surface area contributed by atoms with Crippen molar-refractivity contribution in [2.75, 3.05) is 26.2 Å². The van der Waals surface area contributed by atoms with E-state index in [0.29, 0.717) is 0 Å². The minimum absolute atomic E-state index is 0.0456. The summed E-state index contributed by atoms with van der Waals surface area (Å²) in [4.78, 5) is 182. The van der Waals surface area contributed by atoms with Crippen molar-refractivity contribution < 1.29 is 153 Å². The van der Waals surface area contributed by atoms with Gasteiger partial charge in [0.15, 0.2) is 55.5 Å². The molecule has 41 heteroatoms. The van der Waals surface area contributed by atoms with Crippen molar-refractivity contribution in [1.82, 2.24) is 31.9 Å². The second-order valence-corrected chi connectivity index (χ2v) is 26.2. The van der Waals surface area contributed by atoms with Crippen LogP contribution in [0.25, 0.3) is 10.4 Å². The number of azide groups is 1.